The molecule has 0 aliphatic heterocycles. The van der Waals surface area contributed by atoms with Gasteiger partial charge in [0.1, 0.15) is 5.78 Å². The van der Waals surface area contributed by atoms with Crippen molar-refractivity contribution in [2.24, 2.45) is 34.5 Å². The normalized spacial score (nSPS) is 53.6. The molecule has 0 radical (unpaired) electrons. The summed E-state index contributed by atoms with van der Waals surface area (Å²) in [6, 6.07) is 0. The second-order valence-electron chi connectivity index (χ2n) is 9.45. The average molecular weight is 332 g/mol. The van der Waals surface area contributed by atoms with Crippen molar-refractivity contribution >= 4 is 5.78 Å². The molecule has 3 heteroatoms. The van der Waals surface area contributed by atoms with Crippen LogP contribution in [0, 0.1) is 34.5 Å². The van der Waals surface area contributed by atoms with Crippen LogP contribution in [0.25, 0.3) is 0 Å². The Morgan fingerprint density at radius 2 is 1.88 bits per heavy atom. The van der Waals surface area contributed by atoms with Crippen molar-refractivity contribution < 1.29 is 15.0 Å². The highest BCUT2D eigenvalue weighted by Crippen LogP contribution is 2.66. The van der Waals surface area contributed by atoms with E-state index in [4.69, 9.17) is 0 Å². The zero-order valence-corrected chi connectivity index (χ0v) is 15.3. The summed E-state index contributed by atoms with van der Waals surface area (Å²) in [5.41, 5.74) is 1.16. The predicted molar refractivity (Wildman–Crippen MR) is 93.3 cm³/mol. The molecule has 4 aliphatic carbocycles. The number of ketones is 1. The highest BCUT2D eigenvalue weighted by Gasteiger charge is 2.62. The zero-order valence-electron chi connectivity index (χ0n) is 15.3. The molecule has 0 aromatic heterocycles. The van der Waals surface area contributed by atoms with E-state index in [0.29, 0.717) is 17.6 Å². The Balaban J connectivity index is 1.75. The molecule has 0 amide bonds. The molecule has 0 spiro atoms. The van der Waals surface area contributed by atoms with E-state index in [-0.39, 0.29) is 28.8 Å². The summed E-state index contributed by atoms with van der Waals surface area (Å²) in [4.78, 5) is 12.2. The van der Waals surface area contributed by atoms with E-state index in [0.717, 1.165) is 44.9 Å². The molecule has 0 bridgehead atoms. The second-order valence-corrected chi connectivity index (χ2v) is 9.45. The van der Waals surface area contributed by atoms with Gasteiger partial charge in [0.15, 0.2) is 0 Å². The molecule has 0 saturated heterocycles. The van der Waals surface area contributed by atoms with Crippen LogP contribution >= 0.6 is 0 Å². The summed E-state index contributed by atoms with van der Waals surface area (Å²) in [6.07, 6.45) is 8.43. The first-order chi connectivity index (χ1) is 11.3. The maximum absolute atomic E-state index is 12.2. The fraction of sp³-hybridized carbons (Fsp3) is 0.857. The van der Waals surface area contributed by atoms with Gasteiger partial charge in [-0.3, -0.25) is 4.79 Å². The Morgan fingerprint density at radius 1 is 1.12 bits per heavy atom. The molecule has 24 heavy (non-hydrogen) atoms. The average Bonchev–Trinajstić information content (AvgIpc) is 2.87. The van der Waals surface area contributed by atoms with Gasteiger partial charge in [0.2, 0.25) is 0 Å². The maximum atomic E-state index is 12.2. The monoisotopic (exact) mass is 332 g/mol. The van der Waals surface area contributed by atoms with E-state index in [1.54, 1.807) is 6.92 Å². The molecule has 2 N–H and O–H groups in total. The molecule has 4 aliphatic rings. The van der Waals surface area contributed by atoms with Gasteiger partial charge in [0.25, 0.3) is 0 Å². The topological polar surface area (TPSA) is 57.5 Å². The summed E-state index contributed by atoms with van der Waals surface area (Å²) in [7, 11) is 0. The first-order valence-electron chi connectivity index (χ1n) is 9.88. The Labute approximate surface area is 145 Å². The first kappa shape index (κ1) is 16.8. The van der Waals surface area contributed by atoms with E-state index in [2.05, 4.69) is 19.9 Å². The van der Waals surface area contributed by atoms with E-state index in [1.807, 2.05) is 0 Å². The number of carbonyl (C=O) groups is 1. The Bertz CT molecular complexity index is 582. The molecular formula is C21H32O3. The van der Waals surface area contributed by atoms with Crippen LogP contribution in [0.4, 0.5) is 0 Å². The number of rotatable bonds is 1. The summed E-state index contributed by atoms with van der Waals surface area (Å²) in [6.45, 7) is 6.27. The highest BCUT2D eigenvalue weighted by atomic mass is 16.3. The molecule has 0 aromatic carbocycles. The third-order valence-electron chi connectivity index (χ3n) is 8.67. The van der Waals surface area contributed by atoms with Gasteiger partial charge in [0.05, 0.1) is 12.2 Å². The van der Waals surface area contributed by atoms with Crippen molar-refractivity contribution in [2.75, 3.05) is 0 Å². The lowest BCUT2D eigenvalue weighted by atomic mass is 9.46. The van der Waals surface area contributed by atoms with Gasteiger partial charge in [-0.05, 0) is 75.0 Å². The lowest BCUT2D eigenvalue weighted by Crippen LogP contribution is -2.57. The fourth-order valence-electron chi connectivity index (χ4n) is 7.37. The molecule has 0 aromatic rings. The van der Waals surface area contributed by atoms with Crippen LogP contribution < -0.4 is 0 Å². The van der Waals surface area contributed by atoms with Crippen molar-refractivity contribution in [1.82, 2.24) is 0 Å². The van der Waals surface area contributed by atoms with Gasteiger partial charge in [0, 0.05) is 11.3 Å². The number of carbonyl (C=O) groups excluding carboxylic acids is 1. The number of Topliss-reactive ketones (excluding diaryl/α,β-unsaturated/α-hetero) is 1. The predicted octanol–water partition coefficient (Wildman–Crippen LogP) is 3.49. The van der Waals surface area contributed by atoms with Crippen LogP contribution in [-0.4, -0.2) is 28.2 Å². The number of hydrogen-bond acceptors (Lipinski definition) is 3. The van der Waals surface area contributed by atoms with Crippen molar-refractivity contribution in [3.05, 3.63) is 11.6 Å². The van der Waals surface area contributed by atoms with Gasteiger partial charge in [-0.1, -0.05) is 25.5 Å². The number of aliphatic hydroxyl groups is 2. The van der Waals surface area contributed by atoms with Gasteiger partial charge >= 0.3 is 0 Å². The van der Waals surface area contributed by atoms with Crippen molar-refractivity contribution in [1.29, 1.82) is 0 Å². The van der Waals surface area contributed by atoms with Gasteiger partial charge < -0.3 is 10.2 Å². The molecule has 0 heterocycles. The molecule has 4 rings (SSSR count). The van der Waals surface area contributed by atoms with E-state index >= 15 is 0 Å². The maximum Gasteiger partial charge on any atom is 0.133 e. The molecule has 3 nitrogen and oxygen atoms in total. The smallest absolute Gasteiger partial charge is 0.133 e. The Morgan fingerprint density at radius 3 is 2.58 bits per heavy atom. The van der Waals surface area contributed by atoms with Crippen molar-refractivity contribution in [3.8, 4) is 0 Å². The van der Waals surface area contributed by atoms with Gasteiger partial charge in [-0.15, -0.1) is 0 Å². The highest BCUT2D eigenvalue weighted by molar-refractivity contribution is 5.79. The molecule has 8 atom stereocenters. The summed E-state index contributed by atoms with van der Waals surface area (Å²) >= 11 is 0. The van der Waals surface area contributed by atoms with E-state index in [9.17, 15) is 15.0 Å². The van der Waals surface area contributed by atoms with Crippen LogP contribution in [0.2, 0.25) is 0 Å². The van der Waals surface area contributed by atoms with Gasteiger partial charge in [-0.25, -0.2) is 0 Å². The molecule has 3 fully saturated rings. The largest absolute Gasteiger partial charge is 0.392 e. The van der Waals surface area contributed by atoms with Crippen LogP contribution in [0.1, 0.15) is 65.7 Å². The minimum absolute atomic E-state index is 0.0370. The summed E-state index contributed by atoms with van der Waals surface area (Å²) in [5, 5.41) is 21.8. The van der Waals surface area contributed by atoms with Crippen molar-refractivity contribution in [3.63, 3.8) is 0 Å². The van der Waals surface area contributed by atoms with Crippen LogP contribution in [0.15, 0.2) is 11.6 Å². The molecule has 2 unspecified atom stereocenters. The van der Waals surface area contributed by atoms with Crippen LogP contribution in [0.3, 0.4) is 0 Å². The minimum atomic E-state index is -0.404. The molecular weight excluding hydrogens is 300 g/mol. The second kappa shape index (κ2) is 5.41. The zero-order chi connectivity index (χ0) is 17.3. The number of hydrogen-bond donors (Lipinski definition) is 2. The summed E-state index contributed by atoms with van der Waals surface area (Å²) < 4.78 is 0. The van der Waals surface area contributed by atoms with E-state index < -0.39 is 6.10 Å². The SMILES string of the molecule is CC(=O)[C@H]1CC[C@H]2[C@@H]3C(O)C=C4CCCC(O)[C@]4(C)[C@H]3CC[C@]12C. The third kappa shape index (κ3) is 2.00. The Hall–Kier alpha value is -0.670. The fourth-order valence-corrected chi connectivity index (χ4v) is 7.37. The van der Waals surface area contributed by atoms with E-state index in [1.165, 1.54) is 5.57 Å². The number of fused-ring (bicyclic) bond motifs is 5. The Kier molecular flexibility index (Phi) is 3.78. The van der Waals surface area contributed by atoms with Crippen LogP contribution in [-0.2, 0) is 4.79 Å². The minimum Gasteiger partial charge on any atom is -0.392 e. The lowest BCUT2D eigenvalue weighted by Gasteiger charge is -2.59. The van der Waals surface area contributed by atoms with Crippen LogP contribution in [0.5, 0.6) is 0 Å². The molecule has 134 valence electrons. The summed E-state index contributed by atoms with van der Waals surface area (Å²) in [5.74, 6) is 1.44. The first-order valence-corrected chi connectivity index (χ1v) is 9.88. The van der Waals surface area contributed by atoms with Gasteiger partial charge in [-0.2, -0.15) is 0 Å². The lowest BCUT2D eigenvalue weighted by molar-refractivity contribution is -0.136. The molecule has 3 saturated carbocycles. The quantitative estimate of drug-likeness (QED) is 0.723. The van der Waals surface area contributed by atoms with Crippen molar-refractivity contribution in [2.45, 2.75) is 77.9 Å². The number of aliphatic hydroxyl groups excluding tert-OH is 2. The standard InChI is InChI=1S/C21H32O3/c1-12(22)14-7-8-15-19-16(9-10-20(14,15)2)21(3)13(11-17(19)23)5-4-6-18(21)24/h11,14-19,23-24H,4-10H2,1-3H3/t14-,15+,16+,17?,18?,19+,20-,21+/m1/s1. The third-order valence-corrected chi connectivity index (χ3v) is 8.67.